The number of nitro benzene ring substituents is 1. The molecule has 2 amide bonds. The van der Waals surface area contributed by atoms with Crippen LogP contribution in [0.1, 0.15) is 45.7 Å². The van der Waals surface area contributed by atoms with Crippen molar-refractivity contribution in [2.24, 2.45) is 5.92 Å². The van der Waals surface area contributed by atoms with E-state index in [1.807, 2.05) is 32.0 Å². The van der Waals surface area contributed by atoms with Crippen molar-refractivity contribution in [3.8, 4) is 0 Å². The zero-order chi connectivity index (χ0) is 24.9. The molecular formula is C27H28N4O4. The smallest absolute Gasteiger partial charge is 0.270 e. The van der Waals surface area contributed by atoms with Crippen molar-refractivity contribution in [1.82, 2.24) is 5.32 Å². The van der Waals surface area contributed by atoms with Crippen LogP contribution in [0.5, 0.6) is 0 Å². The average molecular weight is 473 g/mol. The number of nitrogens with zero attached hydrogens (tertiary/aromatic N) is 2. The Kier molecular flexibility index (Phi) is 7.10. The lowest BCUT2D eigenvalue weighted by Gasteiger charge is -2.32. The Morgan fingerprint density at radius 1 is 1.00 bits per heavy atom. The van der Waals surface area contributed by atoms with E-state index in [9.17, 15) is 19.7 Å². The summed E-state index contributed by atoms with van der Waals surface area (Å²) in [6.07, 6.45) is 0.883. The summed E-state index contributed by atoms with van der Waals surface area (Å²) in [5, 5.41) is 16.8. The normalized spacial score (nSPS) is 12.7. The van der Waals surface area contributed by atoms with E-state index < -0.39 is 10.8 Å². The van der Waals surface area contributed by atoms with E-state index in [4.69, 9.17) is 0 Å². The van der Waals surface area contributed by atoms with Crippen LogP contribution in [0.15, 0.2) is 66.7 Å². The lowest BCUT2D eigenvalue weighted by atomic mass is 9.98. The van der Waals surface area contributed by atoms with Crippen LogP contribution < -0.4 is 15.5 Å². The van der Waals surface area contributed by atoms with Gasteiger partial charge in [-0.2, -0.15) is 0 Å². The number of carbonyl (C=O) groups excluding carboxylic acids is 2. The van der Waals surface area contributed by atoms with Crippen LogP contribution in [0.25, 0.3) is 0 Å². The predicted octanol–water partition coefficient (Wildman–Crippen LogP) is 4.80. The molecule has 1 aliphatic heterocycles. The Labute approximate surface area is 204 Å². The maximum absolute atomic E-state index is 13.2. The highest BCUT2D eigenvalue weighted by Crippen LogP contribution is 2.30. The average Bonchev–Trinajstić information content (AvgIpc) is 2.87. The molecule has 0 atom stereocenters. The van der Waals surface area contributed by atoms with Crippen LogP contribution in [-0.2, 0) is 13.0 Å². The fraction of sp³-hybridized carbons (Fsp3) is 0.259. The lowest BCUT2D eigenvalue weighted by molar-refractivity contribution is -0.384. The summed E-state index contributed by atoms with van der Waals surface area (Å²) in [7, 11) is 0. The molecule has 3 aromatic rings. The maximum atomic E-state index is 13.2. The fourth-order valence-electron chi connectivity index (χ4n) is 4.13. The van der Waals surface area contributed by atoms with Crippen LogP contribution in [0.2, 0.25) is 0 Å². The Bertz CT molecular complexity index is 1270. The second-order valence-electron chi connectivity index (χ2n) is 9.04. The van der Waals surface area contributed by atoms with Crippen LogP contribution in [0, 0.1) is 16.0 Å². The predicted molar refractivity (Wildman–Crippen MR) is 136 cm³/mol. The number of amides is 2. The van der Waals surface area contributed by atoms with Crippen molar-refractivity contribution in [1.29, 1.82) is 0 Å². The zero-order valence-electron chi connectivity index (χ0n) is 19.8. The van der Waals surface area contributed by atoms with Gasteiger partial charge in [-0.25, -0.2) is 0 Å². The second-order valence-corrected chi connectivity index (χ2v) is 9.04. The first-order valence-corrected chi connectivity index (χ1v) is 11.6. The zero-order valence-corrected chi connectivity index (χ0v) is 19.8. The first-order chi connectivity index (χ1) is 16.8. The summed E-state index contributed by atoms with van der Waals surface area (Å²) in [5.41, 5.74) is 4.27. The lowest BCUT2D eigenvalue weighted by Crippen LogP contribution is -2.34. The molecule has 0 radical (unpaired) electrons. The van der Waals surface area contributed by atoms with Gasteiger partial charge in [-0.1, -0.05) is 44.2 Å². The van der Waals surface area contributed by atoms with Gasteiger partial charge >= 0.3 is 0 Å². The highest BCUT2D eigenvalue weighted by Gasteiger charge is 2.22. The standard InChI is InChI=1S/C27H28N4O4/c1-18(2)16-28-27(33)24-15-22(29-26(32)20-8-5-9-23(14-20)31(34)35)10-11-25(24)30-13-12-19-6-3-4-7-21(19)17-30/h3-11,14-15,18H,12-13,16-17H2,1-2H3,(H,28,33)(H,29,32). The number of nitrogens with one attached hydrogen (secondary N) is 2. The molecule has 8 nitrogen and oxygen atoms in total. The molecule has 0 unspecified atom stereocenters. The Hall–Kier alpha value is -4.20. The summed E-state index contributed by atoms with van der Waals surface area (Å²) in [6, 6.07) is 19.1. The minimum absolute atomic E-state index is 0.160. The Morgan fingerprint density at radius 3 is 2.51 bits per heavy atom. The second kappa shape index (κ2) is 10.4. The van der Waals surface area contributed by atoms with Gasteiger partial charge in [0.25, 0.3) is 17.5 Å². The molecule has 3 aromatic carbocycles. The molecule has 0 saturated carbocycles. The Balaban J connectivity index is 1.62. The van der Waals surface area contributed by atoms with Crippen LogP contribution in [0.4, 0.5) is 17.1 Å². The Morgan fingerprint density at radius 2 is 1.77 bits per heavy atom. The van der Waals surface area contributed by atoms with Crippen molar-refractivity contribution in [3.63, 3.8) is 0 Å². The molecule has 2 N–H and O–H groups in total. The molecular weight excluding hydrogens is 444 g/mol. The van der Waals surface area contributed by atoms with Gasteiger partial charge in [0, 0.05) is 48.7 Å². The number of hydrogen-bond acceptors (Lipinski definition) is 5. The molecule has 1 heterocycles. The number of non-ortho nitro benzene ring substituents is 1. The van der Waals surface area contributed by atoms with E-state index in [0.717, 1.165) is 18.7 Å². The van der Waals surface area contributed by atoms with Crippen molar-refractivity contribution < 1.29 is 14.5 Å². The molecule has 8 heteroatoms. The number of carbonyl (C=O) groups is 2. The number of anilines is 2. The molecule has 4 rings (SSSR count). The molecule has 0 aliphatic carbocycles. The van der Waals surface area contributed by atoms with Gasteiger partial charge in [0.05, 0.1) is 10.5 Å². The number of benzene rings is 3. The minimum Gasteiger partial charge on any atom is -0.366 e. The summed E-state index contributed by atoms with van der Waals surface area (Å²) in [6.45, 7) is 6.06. The van der Waals surface area contributed by atoms with Crippen LogP contribution >= 0.6 is 0 Å². The molecule has 35 heavy (non-hydrogen) atoms. The molecule has 0 fully saturated rings. The van der Waals surface area contributed by atoms with Gasteiger partial charge in [0.2, 0.25) is 0 Å². The van der Waals surface area contributed by atoms with Gasteiger partial charge in [-0.3, -0.25) is 19.7 Å². The molecule has 0 spiro atoms. The quantitative estimate of drug-likeness (QED) is 0.380. The van der Waals surface area contributed by atoms with Crippen LogP contribution in [-0.4, -0.2) is 29.8 Å². The number of fused-ring (bicyclic) bond motifs is 1. The highest BCUT2D eigenvalue weighted by atomic mass is 16.6. The van der Waals surface area contributed by atoms with Crippen molar-refractivity contribution in [2.75, 3.05) is 23.3 Å². The monoisotopic (exact) mass is 472 g/mol. The van der Waals surface area contributed by atoms with Crippen molar-refractivity contribution >= 4 is 28.9 Å². The van der Waals surface area contributed by atoms with Crippen molar-refractivity contribution in [3.05, 3.63) is 99.1 Å². The van der Waals surface area contributed by atoms with E-state index in [1.165, 1.54) is 35.4 Å². The van der Waals surface area contributed by atoms with Gasteiger partial charge in [0.15, 0.2) is 0 Å². The molecule has 180 valence electrons. The van der Waals surface area contributed by atoms with Gasteiger partial charge in [-0.05, 0) is 47.7 Å². The number of rotatable bonds is 7. The third kappa shape index (κ3) is 5.66. The largest absolute Gasteiger partial charge is 0.366 e. The van der Waals surface area contributed by atoms with E-state index in [0.29, 0.717) is 30.3 Å². The molecule has 1 aliphatic rings. The first kappa shape index (κ1) is 23.9. The topological polar surface area (TPSA) is 105 Å². The number of hydrogen-bond donors (Lipinski definition) is 2. The third-order valence-corrected chi connectivity index (χ3v) is 5.96. The van der Waals surface area contributed by atoms with Gasteiger partial charge in [-0.15, -0.1) is 0 Å². The summed E-state index contributed by atoms with van der Waals surface area (Å²) in [4.78, 5) is 38.6. The summed E-state index contributed by atoms with van der Waals surface area (Å²) in [5.74, 6) is -0.401. The number of nitro groups is 1. The van der Waals surface area contributed by atoms with Gasteiger partial charge in [0.1, 0.15) is 0 Å². The third-order valence-electron chi connectivity index (χ3n) is 5.96. The highest BCUT2D eigenvalue weighted by molar-refractivity contribution is 6.06. The summed E-state index contributed by atoms with van der Waals surface area (Å²) < 4.78 is 0. The van der Waals surface area contributed by atoms with Crippen molar-refractivity contribution in [2.45, 2.75) is 26.8 Å². The van der Waals surface area contributed by atoms with E-state index in [-0.39, 0.29) is 17.2 Å². The van der Waals surface area contributed by atoms with Gasteiger partial charge < -0.3 is 15.5 Å². The molecule has 0 saturated heterocycles. The first-order valence-electron chi connectivity index (χ1n) is 11.6. The fourth-order valence-corrected chi connectivity index (χ4v) is 4.13. The SMILES string of the molecule is CC(C)CNC(=O)c1cc(NC(=O)c2cccc([N+](=O)[O-])c2)ccc1N1CCc2ccccc2C1. The maximum Gasteiger partial charge on any atom is 0.270 e. The van der Waals surface area contributed by atoms with E-state index in [1.54, 1.807) is 12.1 Å². The molecule has 0 aromatic heterocycles. The van der Waals surface area contributed by atoms with E-state index in [2.05, 4.69) is 27.7 Å². The van der Waals surface area contributed by atoms with E-state index >= 15 is 0 Å². The summed E-state index contributed by atoms with van der Waals surface area (Å²) >= 11 is 0. The minimum atomic E-state index is -0.542. The molecule has 0 bridgehead atoms. The van der Waals surface area contributed by atoms with Crippen LogP contribution in [0.3, 0.4) is 0 Å².